The van der Waals surface area contributed by atoms with Gasteiger partial charge in [0.1, 0.15) is 0 Å². The van der Waals surface area contributed by atoms with Crippen LogP contribution in [0.15, 0.2) is 34.3 Å². The fourth-order valence-corrected chi connectivity index (χ4v) is 2.59. The van der Waals surface area contributed by atoms with Crippen molar-refractivity contribution in [3.05, 3.63) is 72.5 Å². The molecule has 0 aromatic heterocycles. The number of rotatable bonds is 2. The van der Waals surface area contributed by atoms with E-state index >= 15 is 0 Å². The first-order valence-electron chi connectivity index (χ1n) is 10.0. The SMILES string of the molecule is O=C=Nc1ccc(F)[c-]c1F.O=C=Nc1ccc(F)[c-]c1F.[CH-]1CCCC1.[CH-]1CCCC1.[Ti+4]. The summed E-state index contributed by atoms with van der Waals surface area (Å²) in [5.74, 6) is -3.64. The number of aliphatic imine (C=N–C) groups is 2. The van der Waals surface area contributed by atoms with Crippen LogP contribution in [-0.2, 0) is 31.3 Å². The van der Waals surface area contributed by atoms with E-state index in [4.69, 9.17) is 0 Å². The number of nitrogens with zero attached hydrogens (tertiary/aromatic N) is 2. The molecule has 172 valence electrons. The number of benzene rings is 2. The van der Waals surface area contributed by atoms with Crippen molar-refractivity contribution < 1.29 is 48.9 Å². The van der Waals surface area contributed by atoms with E-state index in [0.717, 1.165) is 36.4 Å². The summed E-state index contributed by atoms with van der Waals surface area (Å²) in [7, 11) is 0. The molecule has 0 aliphatic heterocycles. The minimum atomic E-state index is -0.992. The molecule has 4 rings (SSSR count). The summed E-state index contributed by atoms with van der Waals surface area (Å²) >= 11 is 0. The van der Waals surface area contributed by atoms with Crippen LogP contribution in [0.2, 0.25) is 0 Å². The van der Waals surface area contributed by atoms with Gasteiger partial charge in [0.15, 0.2) is 0 Å². The zero-order valence-corrected chi connectivity index (χ0v) is 19.4. The van der Waals surface area contributed by atoms with Crippen LogP contribution in [0.4, 0.5) is 28.9 Å². The van der Waals surface area contributed by atoms with Gasteiger partial charge in [-0.3, -0.25) is 0 Å². The predicted octanol–water partition coefficient (Wildman–Crippen LogP) is 6.99. The van der Waals surface area contributed by atoms with E-state index in [0.29, 0.717) is 0 Å². The van der Waals surface area contributed by atoms with Gasteiger partial charge in [0, 0.05) is 34.6 Å². The Balaban J connectivity index is 0.000000434. The minimum absolute atomic E-state index is 0. The van der Waals surface area contributed by atoms with Crippen molar-refractivity contribution in [2.24, 2.45) is 9.98 Å². The quantitative estimate of drug-likeness (QED) is 0.149. The first-order valence-corrected chi connectivity index (χ1v) is 10.0. The van der Waals surface area contributed by atoms with Crippen molar-refractivity contribution in [2.75, 3.05) is 0 Å². The van der Waals surface area contributed by atoms with Gasteiger partial charge in [-0.15, -0.1) is 36.4 Å². The summed E-state index contributed by atoms with van der Waals surface area (Å²) < 4.78 is 49.2. The van der Waals surface area contributed by atoms with Gasteiger partial charge in [0.25, 0.3) is 0 Å². The second-order valence-electron chi connectivity index (χ2n) is 6.56. The summed E-state index contributed by atoms with van der Waals surface area (Å²) in [5, 5.41) is 0. The first kappa shape index (κ1) is 30.6. The topological polar surface area (TPSA) is 58.9 Å². The maximum absolute atomic E-state index is 12.5. The molecular weight excluding hydrogens is 472 g/mol. The third-order valence-corrected chi connectivity index (χ3v) is 4.15. The average Bonchev–Trinajstić information content (AvgIpc) is 3.52. The third-order valence-electron chi connectivity index (χ3n) is 4.15. The molecule has 2 aromatic rings. The molecule has 0 radical (unpaired) electrons. The number of halogens is 4. The number of hydrogen-bond acceptors (Lipinski definition) is 4. The van der Waals surface area contributed by atoms with E-state index in [9.17, 15) is 27.2 Å². The molecule has 0 spiro atoms. The predicted molar refractivity (Wildman–Crippen MR) is 111 cm³/mol. The Hall–Kier alpha value is -2.37. The molecular formula is C24H22F4N2O2Ti. The molecule has 0 bridgehead atoms. The van der Waals surface area contributed by atoms with Crippen LogP contribution >= 0.6 is 0 Å². The van der Waals surface area contributed by atoms with E-state index in [2.05, 4.69) is 22.8 Å². The number of carbonyl (C=O) groups excluding carboxylic acids is 2. The molecule has 0 amide bonds. The smallest absolute Gasteiger partial charge is 0.328 e. The summed E-state index contributed by atoms with van der Waals surface area (Å²) in [6, 6.07) is 7.42. The van der Waals surface area contributed by atoms with E-state index in [1.54, 1.807) is 12.1 Å². The van der Waals surface area contributed by atoms with Crippen molar-refractivity contribution in [2.45, 2.75) is 51.4 Å². The van der Waals surface area contributed by atoms with Gasteiger partial charge in [-0.2, -0.15) is 25.7 Å². The molecule has 2 saturated carbocycles. The van der Waals surface area contributed by atoms with Crippen molar-refractivity contribution in [1.82, 2.24) is 0 Å². The van der Waals surface area contributed by atoms with E-state index in [1.807, 2.05) is 0 Å². The van der Waals surface area contributed by atoms with E-state index in [-0.39, 0.29) is 33.1 Å². The normalized spacial score (nSPS) is 13.2. The largest absolute Gasteiger partial charge is 4.00 e. The third kappa shape index (κ3) is 14.4. The molecule has 2 fully saturated rings. The van der Waals surface area contributed by atoms with Crippen LogP contribution in [-0.4, -0.2) is 12.2 Å². The van der Waals surface area contributed by atoms with Crippen LogP contribution in [0.25, 0.3) is 0 Å². The Kier molecular flexibility index (Phi) is 17.8. The molecule has 0 heterocycles. The summed E-state index contributed by atoms with van der Waals surface area (Å²) in [5.41, 5.74) is -0.525. The summed E-state index contributed by atoms with van der Waals surface area (Å²) in [6.45, 7) is 0. The van der Waals surface area contributed by atoms with E-state index in [1.165, 1.54) is 51.4 Å². The average molecular weight is 494 g/mol. The van der Waals surface area contributed by atoms with Crippen LogP contribution in [0, 0.1) is 48.2 Å². The minimum Gasteiger partial charge on any atom is -0.328 e. The van der Waals surface area contributed by atoms with Crippen LogP contribution in [0.3, 0.4) is 0 Å². The van der Waals surface area contributed by atoms with Crippen LogP contribution in [0.5, 0.6) is 0 Å². The summed E-state index contributed by atoms with van der Waals surface area (Å²) in [4.78, 5) is 25.2. The van der Waals surface area contributed by atoms with Gasteiger partial charge in [-0.1, -0.05) is 25.7 Å². The molecule has 0 saturated heterocycles. The molecule has 0 N–H and O–H groups in total. The van der Waals surface area contributed by atoms with E-state index < -0.39 is 23.3 Å². The molecule has 2 aliphatic carbocycles. The van der Waals surface area contributed by atoms with Crippen molar-refractivity contribution in [3.63, 3.8) is 0 Å². The first-order chi connectivity index (χ1) is 15.5. The van der Waals surface area contributed by atoms with Gasteiger partial charge < -0.3 is 12.8 Å². The van der Waals surface area contributed by atoms with Crippen molar-refractivity contribution in [3.8, 4) is 0 Å². The summed E-state index contributed by atoms with van der Waals surface area (Å²) in [6.07, 6.45) is 18.3. The standard InChI is InChI=1S/2C7H2F2NO.2C5H9.Ti/c2*8-5-1-2-7(10-4-11)6(9)3-5;2*1-2-4-5-3-1;/h2*1-2H;2*1H,2-5H2;/q4*-1;+4. The Morgan fingerprint density at radius 2 is 1.00 bits per heavy atom. The second-order valence-corrected chi connectivity index (χ2v) is 6.56. The Labute approximate surface area is 206 Å². The fraction of sp³-hybridized carbons (Fsp3) is 0.333. The van der Waals surface area contributed by atoms with Crippen LogP contribution in [0.1, 0.15) is 51.4 Å². The van der Waals surface area contributed by atoms with Gasteiger partial charge in [-0.05, 0) is 0 Å². The Bertz CT molecular complexity index is 832. The Morgan fingerprint density at radius 1 is 0.667 bits per heavy atom. The molecule has 2 aliphatic rings. The van der Waals surface area contributed by atoms with Crippen molar-refractivity contribution >= 4 is 23.5 Å². The molecule has 0 atom stereocenters. The number of hydrogen-bond donors (Lipinski definition) is 0. The maximum Gasteiger partial charge on any atom is 4.00 e. The molecule has 4 nitrogen and oxygen atoms in total. The van der Waals surface area contributed by atoms with Gasteiger partial charge >= 0.3 is 21.7 Å². The zero-order chi connectivity index (χ0) is 23.6. The molecule has 9 heteroatoms. The van der Waals surface area contributed by atoms with Gasteiger partial charge in [0.05, 0.1) is 0 Å². The van der Waals surface area contributed by atoms with Gasteiger partial charge in [0.2, 0.25) is 12.2 Å². The molecule has 2 aromatic carbocycles. The number of isocyanates is 2. The molecule has 33 heavy (non-hydrogen) atoms. The fourth-order valence-electron chi connectivity index (χ4n) is 2.59. The Morgan fingerprint density at radius 3 is 1.21 bits per heavy atom. The zero-order valence-electron chi connectivity index (χ0n) is 17.8. The molecule has 0 unspecified atom stereocenters. The monoisotopic (exact) mass is 494 g/mol. The van der Waals surface area contributed by atoms with Gasteiger partial charge in [-0.25, -0.2) is 37.1 Å². The maximum atomic E-state index is 12.5. The second kappa shape index (κ2) is 19.1. The van der Waals surface area contributed by atoms with Crippen LogP contribution < -0.4 is 0 Å². The van der Waals surface area contributed by atoms with Crippen molar-refractivity contribution in [1.29, 1.82) is 0 Å².